The Morgan fingerprint density at radius 1 is 1.57 bits per heavy atom. The molecule has 0 saturated heterocycles. The van der Waals surface area contributed by atoms with Crippen LogP contribution in [0.15, 0.2) is 16.8 Å². The Labute approximate surface area is 89.8 Å². The summed E-state index contributed by atoms with van der Waals surface area (Å²) in [4.78, 5) is 0. The molecule has 0 spiro atoms. The summed E-state index contributed by atoms with van der Waals surface area (Å²) in [5.74, 6) is 0. The molecule has 0 aliphatic heterocycles. The third-order valence-corrected chi connectivity index (χ3v) is 3.13. The van der Waals surface area contributed by atoms with Crippen molar-refractivity contribution in [1.82, 2.24) is 0 Å². The summed E-state index contributed by atoms with van der Waals surface area (Å²) >= 11 is 1.67. The molecule has 0 unspecified atom stereocenters. The molecule has 0 aliphatic carbocycles. The van der Waals surface area contributed by atoms with E-state index in [1.807, 2.05) is 5.38 Å². The third kappa shape index (κ3) is 3.78. The standard InChI is InChI=1S/C11H19NOS/c1-2-3-4-11(13)10(12)7-9-5-6-14-8-9/h5-6,8,10-11,13H,2-4,7,12H2,1H3/t10-,11+/m1/s1. The van der Waals surface area contributed by atoms with Crippen LogP contribution in [0.25, 0.3) is 0 Å². The molecule has 0 radical (unpaired) electrons. The monoisotopic (exact) mass is 213 g/mol. The summed E-state index contributed by atoms with van der Waals surface area (Å²) in [6.45, 7) is 2.12. The first-order valence-corrected chi connectivity index (χ1v) is 6.13. The van der Waals surface area contributed by atoms with Gasteiger partial charge in [0, 0.05) is 6.04 Å². The molecule has 1 aromatic rings. The van der Waals surface area contributed by atoms with Gasteiger partial charge in [0.15, 0.2) is 0 Å². The Hall–Kier alpha value is -0.380. The van der Waals surface area contributed by atoms with Gasteiger partial charge < -0.3 is 10.8 Å². The van der Waals surface area contributed by atoms with Crippen LogP contribution in [-0.4, -0.2) is 17.3 Å². The van der Waals surface area contributed by atoms with Crippen molar-refractivity contribution in [2.24, 2.45) is 5.73 Å². The van der Waals surface area contributed by atoms with E-state index < -0.39 is 0 Å². The third-order valence-electron chi connectivity index (χ3n) is 2.40. The lowest BCUT2D eigenvalue weighted by Gasteiger charge is -2.17. The number of hydrogen-bond acceptors (Lipinski definition) is 3. The van der Waals surface area contributed by atoms with Gasteiger partial charge in [-0.15, -0.1) is 0 Å². The normalized spacial score (nSPS) is 15.4. The van der Waals surface area contributed by atoms with E-state index >= 15 is 0 Å². The predicted molar refractivity (Wildman–Crippen MR) is 61.5 cm³/mol. The smallest absolute Gasteiger partial charge is 0.0694 e. The number of unbranched alkanes of at least 4 members (excludes halogenated alkanes) is 1. The molecule has 0 aliphatic rings. The molecule has 1 aromatic heterocycles. The second kappa shape index (κ2) is 6.17. The first kappa shape index (κ1) is 11.7. The minimum Gasteiger partial charge on any atom is -0.392 e. The van der Waals surface area contributed by atoms with Crippen LogP contribution in [-0.2, 0) is 6.42 Å². The van der Waals surface area contributed by atoms with Crippen molar-refractivity contribution in [1.29, 1.82) is 0 Å². The van der Waals surface area contributed by atoms with Crippen molar-refractivity contribution in [3.05, 3.63) is 22.4 Å². The zero-order valence-corrected chi connectivity index (χ0v) is 9.46. The zero-order valence-electron chi connectivity index (χ0n) is 8.65. The van der Waals surface area contributed by atoms with Crippen LogP contribution in [0.1, 0.15) is 31.7 Å². The van der Waals surface area contributed by atoms with Crippen LogP contribution in [0.3, 0.4) is 0 Å². The summed E-state index contributed by atoms with van der Waals surface area (Å²) in [6.07, 6.45) is 3.42. The highest BCUT2D eigenvalue weighted by molar-refractivity contribution is 7.07. The zero-order chi connectivity index (χ0) is 10.4. The molecule has 0 amide bonds. The quantitative estimate of drug-likeness (QED) is 0.760. The number of thiophene rings is 1. The minimum absolute atomic E-state index is 0.115. The minimum atomic E-state index is -0.352. The van der Waals surface area contributed by atoms with Crippen LogP contribution in [0.5, 0.6) is 0 Å². The highest BCUT2D eigenvalue weighted by atomic mass is 32.1. The number of aliphatic hydroxyl groups excluding tert-OH is 1. The molecule has 2 atom stereocenters. The molecule has 3 N–H and O–H groups in total. The lowest BCUT2D eigenvalue weighted by Crippen LogP contribution is -2.36. The van der Waals surface area contributed by atoms with Crippen LogP contribution >= 0.6 is 11.3 Å². The van der Waals surface area contributed by atoms with Crippen LogP contribution in [0.4, 0.5) is 0 Å². The molecule has 2 nitrogen and oxygen atoms in total. The lowest BCUT2D eigenvalue weighted by atomic mass is 10.0. The Morgan fingerprint density at radius 2 is 2.36 bits per heavy atom. The Kier molecular flexibility index (Phi) is 5.15. The van der Waals surface area contributed by atoms with E-state index in [-0.39, 0.29) is 12.1 Å². The second-order valence-corrected chi connectivity index (χ2v) is 4.49. The van der Waals surface area contributed by atoms with E-state index in [1.54, 1.807) is 11.3 Å². The Bertz CT molecular complexity index is 235. The SMILES string of the molecule is CCCC[C@H](O)[C@H](N)Cc1ccsc1. The van der Waals surface area contributed by atoms with Gasteiger partial charge in [0.05, 0.1) is 6.10 Å². The summed E-state index contributed by atoms with van der Waals surface area (Å²) in [5, 5.41) is 13.9. The summed E-state index contributed by atoms with van der Waals surface area (Å²) in [6, 6.07) is 1.95. The van der Waals surface area contributed by atoms with Crippen molar-refractivity contribution in [2.45, 2.75) is 44.8 Å². The van der Waals surface area contributed by atoms with E-state index in [4.69, 9.17) is 5.73 Å². The van der Waals surface area contributed by atoms with Gasteiger partial charge in [-0.1, -0.05) is 19.8 Å². The largest absolute Gasteiger partial charge is 0.392 e. The van der Waals surface area contributed by atoms with E-state index in [9.17, 15) is 5.11 Å². The summed E-state index contributed by atoms with van der Waals surface area (Å²) in [7, 11) is 0. The number of hydrogen-bond donors (Lipinski definition) is 2. The van der Waals surface area contributed by atoms with Gasteiger partial charge in [0.2, 0.25) is 0 Å². The molecular formula is C11H19NOS. The molecule has 1 rings (SSSR count). The van der Waals surface area contributed by atoms with Gasteiger partial charge >= 0.3 is 0 Å². The lowest BCUT2D eigenvalue weighted by molar-refractivity contribution is 0.132. The highest BCUT2D eigenvalue weighted by Crippen LogP contribution is 2.11. The van der Waals surface area contributed by atoms with Crippen molar-refractivity contribution in [2.75, 3.05) is 0 Å². The fourth-order valence-electron chi connectivity index (χ4n) is 1.44. The maximum Gasteiger partial charge on any atom is 0.0694 e. The molecule has 1 heterocycles. The number of nitrogens with two attached hydrogens (primary N) is 1. The molecule has 0 aromatic carbocycles. The second-order valence-electron chi connectivity index (χ2n) is 3.71. The molecule has 0 saturated carbocycles. The molecule has 14 heavy (non-hydrogen) atoms. The van der Waals surface area contributed by atoms with Gasteiger partial charge in [0.1, 0.15) is 0 Å². The fourth-order valence-corrected chi connectivity index (χ4v) is 2.13. The molecule has 0 bridgehead atoms. The average molecular weight is 213 g/mol. The molecule has 3 heteroatoms. The number of aliphatic hydroxyl groups is 1. The van der Waals surface area contributed by atoms with Gasteiger partial charge in [-0.2, -0.15) is 11.3 Å². The molecule has 80 valence electrons. The van der Waals surface area contributed by atoms with E-state index in [2.05, 4.69) is 18.4 Å². The van der Waals surface area contributed by atoms with E-state index in [0.29, 0.717) is 0 Å². The fraction of sp³-hybridized carbons (Fsp3) is 0.636. The topological polar surface area (TPSA) is 46.2 Å². The average Bonchev–Trinajstić information content (AvgIpc) is 2.66. The van der Waals surface area contributed by atoms with Gasteiger partial charge in [-0.05, 0) is 35.2 Å². The van der Waals surface area contributed by atoms with Crippen molar-refractivity contribution in [3.8, 4) is 0 Å². The van der Waals surface area contributed by atoms with Crippen molar-refractivity contribution >= 4 is 11.3 Å². The summed E-state index contributed by atoms with van der Waals surface area (Å²) < 4.78 is 0. The number of rotatable bonds is 6. The van der Waals surface area contributed by atoms with Gasteiger partial charge in [-0.25, -0.2) is 0 Å². The van der Waals surface area contributed by atoms with Crippen LogP contribution in [0.2, 0.25) is 0 Å². The van der Waals surface area contributed by atoms with Gasteiger partial charge in [-0.3, -0.25) is 0 Å². The van der Waals surface area contributed by atoms with Crippen molar-refractivity contribution in [3.63, 3.8) is 0 Å². The predicted octanol–water partition coefficient (Wildman–Crippen LogP) is 2.17. The van der Waals surface area contributed by atoms with Gasteiger partial charge in [0.25, 0.3) is 0 Å². The van der Waals surface area contributed by atoms with Crippen LogP contribution < -0.4 is 5.73 Å². The van der Waals surface area contributed by atoms with Crippen molar-refractivity contribution < 1.29 is 5.11 Å². The van der Waals surface area contributed by atoms with E-state index in [1.165, 1.54) is 5.56 Å². The Balaban J connectivity index is 2.30. The molecular weight excluding hydrogens is 194 g/mol. The summed E-state index contributed by atoms with van der Waals surface area (Å²) in [5.41, 5.74) is 7.14. The maximum atomic E-state index is 9.73. The van der Waals surface area contributed by atoms with Crippen LogP contribution in [0, 0.1) is 0 Å². The maximum absolute atomic E-state index is 9.73. The first-order chi connectivity index (χ1) is 6.74. The highest BCUT2D eigenvalue weighted by Gasteiger charge is 2.14. The van der Waals surface area contributed by atoms with E-state index in [0.717, 1.165) is 25.7 Å². The molecule has 0 fully saturated rings. The first-order valence-electron chi connectivity index (χ1n) is 5.18. The Morgan fingerprint density at radius 3 is 2.93 bits per heavy atom.